The Labute approximate surface area is 92.0 Å². The standard InChI is InChI=1S/C12H22N2O/c1-2-9-14(10-5-6-10)11(15)12(13)7-3-4-8-12/h10H,2-9,13H2,1H3. The molecule has 3 heteroatoms. The fourth-order valence-electron chi connectivity index (χ4n) is 2.58. The molecule has 0 bridgehead atoms. The van der Waals surface area contributed by atoms with Crippen molar-refractivity contribution in [3.05, 3.63) is 0 Å². The number of rotatable bonds is 4. The normalized spacial score (nSPS) is 24.1. The van der Waals surface area contributed by atoms with Gasteiger partial charge in [0.25, 0.3) is 0 Å². The van der Waals surface area contributed by atoms with Crippen LogP contribution in [0.25, 0.3) is 0 Å². The van der Waals surface area contributed by atoms with Gasteiger partial charge in [0.15, 0.2) is 0 Å². The van der Waals surface area contributed by atoms with Gasteiger partial charge in [0.05, 0.1) is 5.54 Å². The summed E-state index contributed by atoms with van der Waals surface area (Å²) in [6.07, 6.45) is 7.42. The second-order valence-electron chi connectivity index (χ2n) is 5.09. The molecule has 15 heavy (non-hydrogen) atoms. The Balaban J connectivity index is 2.02. The van der Waals surface area contributed by atoms with E-state index < -0.39 is 5.54 Å². The number of nitrogens with two attached hydrogens (primary N) is 1. The average molecular weight is 210 g/mol. The highest BCUT2D eigenvalue weighted by Crippen LogP contribution is 2.34. The fraction of sp³-hybridized carbons (Fsp3) is 0.917. The molecule has 1 amide bonds. The Bertz CT molecular complexity index is 242. The van der Waals surface area contributed by atoms with Gasteiger partial charge >= 0.3 is 0 Å². The quantitative estimate of drug-likeness (QED) is 0.767. The minimum Gasteiger partial charge on any atom is -0.338 e. The Morgan fingerprint density at radius 3 is 2.47 bits per heavy atom. The monoisotopic (exact) mass is 210 g/mol. The molecule has 0 aliphatic heterocycles. The molecule has 86 valence electrons. The molecule has 2 fully saturated rings. The van der Waals surface area contributed by atoms with E-state index in [9.17, 15) is 4.79 Å². The van der Waals surface area contributed by atoms with Gasteiger partial charge in [-0.25, -0.2) is 0 Å². The minimum atomic E-state index is -0.516. The third-order valence-corrected chi connectivity index (χ3v) is 3.63. The molecule has 0 spiro atoms. The number of hydrogen-bond donors (Lipinski definition) is 1. The summed E-state index contributed by atoms with van der Waals surface area (Å²) in [7, 11) is 0. The van der Waals surface area contributed by atoms with Crippen LogP contribution in [-0.4, -0.2) is 28.9 Å². The van der Waals surface area contributed by atoms with E-state index in [1.165, 1.54) is 12.8 Å². The van der Waals surface area contributed by atoms with Crippen LogP contribution in [0.15, 0.2) is 0 Å². The van der Waals surface area contributed by atoms with Gasteiger partial charge in [-0.15, -0.1) is 0 Å². The maximum atomic E-state index is 12.3. The summed E-state index contributed by atoms with van der Waals surface area (Å²) >= 11 is 0. The first kappa shape index (κ1) is 10.9. The Morgan fingerprint density at radius 1 is 1.40 bits per heavy atom. The Kier molecular flexibility index (Phi) is 3.01. The zero-order valence-electron chi connectivity index (χ0n) is 9.67. The molecule has 2 aliphatic carbocycles. The third-order valence-electron chi connectivity index (χ3n) is 3.63. The smallest absolute Gasteiger partial charge is 0.242 e. The van der Waals surface area contributed by atoms with Gasteiger partial charge in [-0.05, 0) is 32.1 Å². The molecule has 0 unspecified atom stereocenters. The highest BCUT2D eigenvalue weighted by molar-refractivity contribution is 5.87. The van der Waals surface area contributed by atoms with Gasteiger partial charge in [-0.2, -0.15) is 0 Å². The molecule has 2 N–H and O–H groups in total. The lowest BCUT2D eigenvalue weighted by molar-refractivity contribution is -0.137. The lowest BCUT2D eigenvalue weighted by Gasteiger charge is -2.31. The summed E-state index contributed by atoms with van der Waals surface area (Å²) in [6, 6.07) is 0.512. The molecule has 0 heterocycles. The van der Waals surface area contributed by atoms with Crippen molar-refractivity contribution in [1.29, 1.82) is 0 Å². The molecule has 0 aromatic carbocycles. The van der Waals surface area contributed by atoms with Crippen LogP contribution in [0.4, 0.5) is 0 Å². The number of carbonyl (C=O) groups is 1. The van der Waals surface area contributed by atoms with E-state index in [0.29, 0.717) is 6.04 Å². The first-order chi connectivity index (χ1) is 7.17. The molecule has 2 saturated carbocycles. The lowest BCUT2D eigenvalue weighted by atomic mass is 9.97. The molecule has 0 aromatic rings. The number of nitrogens with zero attached hydrogens (tertiary/aromatic N) is 1. The highest BCUT2D eigenvalue weighted by atomic mass is 16.2. The maximum Gasteiger partial charge on any atom is 0.242 e. The van der Waals surface area contributed by atoms with Crippen molar-refractivity contribution in [3.8, 4) is 0 Å². The number of amides is 1. The molecular weight excluding hydrogens is 188 g/mol. The predicted octanol–water partition coefficient (Wildman–Crippen LogP) is 1.66. The van der Waals surface area contributed by atoms with Crippen molar-refractivity contribution >= 4 is 5.91 Å². The average Bonchev–Trinajstić information content (AvgIpc) is 2.97. The summed E-state index contributed by atoms with van der Waals surface area (Å²) in [5.74, 6) is 0.226. The number of hydrogen-bond acceptors (Lipinski definition) is 2. The Hall–Kier alpha value is -0.570. The summed E-state index contributed by atoms with van der Waals surface area (Å²) in [4.78, 5) is 14.4. The van der Waals surface area contributed by atoms with Crippen molar-refractivity contribution < 1.29 is 4.79 Å². The molecule has 0 aromatic heterocycles. The largest absolute Gasteiger partial charge is 0.338 e. The zero-order valence-corrected chi connectivity index (χ0v) is 9.67. The molecule has 2 aliphatic rings. The van der Waals surface area contributed by atoms with Crippen LogP contribution >= 0.6 is 0 Å². The molecule has 3 nitrogen and oxygen atoms in total. The van der Waals surface area contributed by atoms with Crippen molar-refractivity contribution in [2.24, 2.45) is 5.73 Å². The van der Waals surface area contributed by atoms with Gasteiger partial charge < -0.3 is 10.6 Å². The van der Waals surface area contributed by atoms with Crippen molar-refractivity contribution in [1.82, 2.24) is 4.90 Å². The molecular formula is C12H22N2O. The van der Waals surface area contributed by atoms with Crippen LogP contribution in [0.2, 0.25) is 0 Å². The van der Waals surface area contributed by atoms with E-state index in [4.69, 9.17) is 5.73 Å². The van der Waals surface area contributed by atoms with E-state index >= 15 is 0 Å². The van der Waals surface area contributed by atoms with E-state index in [1.807, 2.05) is 4.90 Å². The summed E-state index contributed by atoms with van der Waals surface area (Å²) < 4.78 is 0. The molecule has 0 atom stereocenters. The molecule has 2 rings (SSSR count). The predicted molar refractivity (Wildman–Crippen MR) is 60.4 cm³/mol. The van der Waals surface area contributed by atoms with Crippen LogP contribution in [0.1, 0.15) is 51.9 Å². The van der Waals surface area contributed by atoms with E-state index in [2.05, 4.69) is 6.92 Å². The van der Waals surface area contributed by atoms with E-state index in [1.54, 1.807) is 0 Å². The van der Waals surface area contributed by atoms with Gasteiger partial charge in [-0.3, -0.25) is 4.79 Å². The number of carbonyl (C=O) groups excluding carboxylic acids is 1. The topological polar surface area (TPSA) is 46.3 Å². The van der Waals surface area contributed by atoms with Gasteiger partial charge in [0.2, 0.25) is 5.91 Å². The van der Waals surface area contributed by atoms with Crippen LogP contribution in [-0.2, 0) is 4.79 Å². The summed E-state index contributed by atoms with van der Waals surface area (Å²) in [5, 5.41) is 0. The first-order valence-electron chi connectivity index (χ1n) is 6.27. The highest BCUT2D eigenvalue weighted by Gasteiger charge is 2.43. The summed E-state index contributed by atoms with van der Waals surface area (Å²) in [5.41, 5.74) is 5.69. The first-order valence-corrected chi connectivity index (χ1v) is 6.27. The second-order valence-corrected chi connectivity index (χ2v) is 5.09. The molecule has 0 saturated heterocycles. The van der Waals surface area contributed by atoms with Crippen molar-refractivity contribution in [2.45, 2.75) is 63.5 Å². The van der Waals surface area contributed by atoms with E-state index in [0.717, 1.165) is 38.6 Å². The maximum absolute atomic E-state index is 12.3. The third kappa shape index (κ3) is 2.17. The summed E-state index contributed by atoms with van der Waals surface area (Å²) in [6.45, 7) is 3.02. The van der Waals surface area contributed by atoms with Gasteiger partial charge in [0.1, 0.15) is 0 Å². The van der Waals surface area contributed by atoms with Crippen LogP contribution in [0.5, 0.6) is 0 Å². The fourth-order valence-corrected chi connectivity index (χ4v) is 2.58. The lowest BCUT2D eigenvalue weighted by Crippen LogP contribution is -2.54. The van der Waals surface area contributed by atoms with Crippen LogP contribution < -0.4 is 5.73 Å². The van der Waals surface area contributed by atoms with Gasteiger partial charge in [-0.1, -0.05) is 19.8 Å². The Morgan fingerprint density at radius 2 is 2.00 bits per heavy atom. The van der Waals surface area contributed by atoms with Crippen LogP contribution in [0, 0.1) is 0 Å². The van der Waals surface area contributed by atoms with E-state index in [-0.39, 0.29) is 5.91 Å². The van der Waals surface area contributed by atoms with Gasteiger partial charge in [0, 0.05) is 12.6 Å². The second kappa shape index (κ2) is 4.12. The van der Waals surface area contributed by atoms with Crippen LogP contribution in [0.3, 0.4) is 0 Å². The SMILES string of the molecule is CCCN(C(=O)C1(N)CCCC1)C1CC1. The zero-order chi connectivity index (χ0) is 10.9. The molecule has 0 radical (unpaired) electrons. The van der Waals surface area contributed by atoms with Crippen molar-refractivity contribution in [2.75, 3.05) is 6.54 Å². The minimum absolute atomic E-state index is 0.226. The van der Waals surface area contributed by atoms with Crippen molar-refractivity contribution in [3.63, 3.8) is 0 Å².